The molecule has 0 aromatic heterocycles. The third-order valence-electron chi connectivity index (χ3n) is 7.13. The fourth-order valence-corrected chi connectivity index (χ4v) is 4.76. The number of hydrogen-bond acceptors (Lipinski definition) is 5. The molecule has 7 nitrogen and oxygen atoms in total. The zero-order chi connectivity index (χ0) is 30.7. The molecule has 2 aromatic carbocycles. The van der Waals surface area contributed by atoms with Crippen LogP contribution in [0, 0.1) is 0 Å². The predicted octanol–water partition coefficient (Wildman–Crippen LogP) is 11.2. The van der Waals surface area contributed by atoms with Crippen LogP contribution in [0.3, 0.4) is 0 Å². The van der Waals surface area contributed by atoms with E-state index in [0.29, 0.717) is 0 Å². The average molecular weight is 635 g/mol. The van der Waals surface area contributed by atoms with Crippen molar-refractivity contribution in [3.05, 3.63) is 95.5 Å². The Hall–Kier alpha value is -2.49. The van der Waals surface area contributed by atoms with Crippen LogP contribution in [-0.2, 0) is 28.0 Å². The van der Waals surface area contributed by atoms with Gasteiger partial charge in [-0.25, -0.2) is 0 Å². The van der Waals surface area contributed by atoms with Gasteiger partial charge in [-0.3, -0.25) is 9.11 Å². The molecular formula is C36H62N2O5S. The Kier molecular flexibility index (Phi) is 29.0. The van der Waals surface area contributed by atoms with Crippen molar-refractivity contribution in [2.45, 2.75) is 129 Å². The quantitative estimate of drug-likeness (QED) is 0.0570. The number of allylic oxidation sites excluding steroid dienone is 4. The summed E-state index contributed by atoms with van der Waals surface area (Å²) in [6, 6.07) is 21.6. The standard InChI is InChI=1S/C36H54O.2H3N.H2O4S/c1-3-5-7-9-11-13-21-27-35(31-29-33-23-17-15-18-24-33)37-36(28-22-14-12-10-8-6-4-2)32-30-34-25-19-16-20-26-34;;;1-5(2,3)4/h15-20,23-26,31-32H,3-14,21-22,27-30H2,1-2H3;2*1H3;(H2,1,2,3,4). The topological polar surface area (TPSA) is 154 Å². The molecule has 0 saturated heterocycles. The van der Waals surface area contributed by atoms with Crippen molar-refractivity contribution in [3.8, 4) is 0 Å². The molecule has 44 heavy (non-hydrogen) atoms. The highest BCUT2D eigenvalue weighted by atomic mass is 32.3. The summed E-state index contributed by atoms with van der Waals surface area (Å²) < 4.78 is 38.3. The molecular weight excluding hydrogens is 572 g/mol. The monoisotopic (exact) mass is 634 g/mol. The lowest BCUT2D eigenvalue weighted by molar-refractivity contribution is 0.267. The summed E-state index contributed by atoms with van der Waals surface area (Å²) in [5.74, 6) is 2.33. The van der Waals surface area contributed by atoms with E-state index in [1.807, 2.05) is 0 Å². The van der Waals surface area contributed by atoms with Gasteiger partial charge in [0.1, 0.15) is 0 Å². The van der Waals surface area contributed by atoms with E-state index in [1.54, 1.807) is 0 Å². The van der Waals surface area contributed by atoms with Gasteiger partial charge in [0.05, 0.1) is 11.5 Å². The van der Waals surface area contributed by atoms with Crippen molar-refractivity contribution in [2.75, 3.05) is 0 Å². The van der Waals surface area contributed by atoms with Gasteiger partial charge in [0.2, 0.25) is 0 Å². The van der Waals surface area contributed by atoms with Crippen LogP contribution in [0.5, 0.6) is 0 Å². The molecule has 0 aliphatic carbocycles. The lowest BCUT2D eigenvalue weighted by Gasteiger charge is -2.15. The summed E-state index contributed by atoms with van der Waals surface area (Å²) in [6.07, 6.45) is 27.3. The Morgan fingerprint density at radius 1 is 0.568 bits per heavy atom. The summed E-state index contributed by atoms with van der Waals surface area (Å²) in [6.45, 7) is 4.58. The van der Waals surface area contributed by atoms with E-state index < -0.39 is 10.4 Å². The van der Waals surface area contributed by atoms with Crippen LogP contribution in [0.2, 0.25) is 0 Å². The molecule has 0 bridgehead atoms. The molecule has 8 heteroatoms. The second-order valence-corrected chi connectivity index (χ2v) is 11.9. The number of benzene rings is 2. The molecule has 0 spiro atoms. The minimum atomic E-state index is -4.67. The van der Waals surface area contributed by atoms with Crippen molar-refractivity contribution >= 4 is 10.4 Å². The van der Waals surface area contributed by atoms with Gasteiger partial charge in [0, 0.05) is 12.8 Å². The van der Waals surface area contributed by atoms with Gasteiger partial charge < -0.3 is 17.0 Å². The van der Waals surface area contributed by atoms with E-state index >= 15 is 0 Å². The molecule has 252 valence electrons. The Bertz CT molecular complexity index is 995. The number of ether oxygens (including phenoxy) is 1. The summed E-state index contributed by atoms with van der Waals surface area (Å²) in [5, 5.41) is 0. The molecule has 2 rings (SSSR count). The molecule has 0 fully saturated rings. The minimum absolute atomic E-state index is 0. The predicted molar refractivity (Wildman–Crippen MR) is 187 cm³/mol. The molecule has 0 saturated carbocycles. The highest BCUT2D eigenvalue weighted by Crippen LogP contribution is 2.22. The van der Waals surface area contributed by atoms with Crippen molar-refractivity contribution in [3.63, 3.8) is 0 Å². The summed E-state index contributed by atoms with van der Waals surface area (Å²) in [7, 11) is -4.67. The highest BCUT2D eigenvalue weighted by Gasteiger charge is 2.07. The smallest absolute Gasteiger partial charge is 0.394 e. The van der Waals surface area contributed by atoms with E-state index in [0.717, 1.165) is 25.7 Å². The van der Waals surface area contributed by atoms with Gasteiger partial charge in [-0.1, -0.05) is 152 Å². The Morgan fingerprint density at radius 2 is 0.864 bits per heavy atom. The molecule has 0 atom stereocenters. The molecule has 0 heterocycles. The lowest BCUT2D eigenvalue weighted by Crippen LogP contribution is -1.98. The minimum Gasteiger partial charge on any atom is -0.467 e. The molecule has 0 aliphatic rings. The van der Waals surface area contributed by atoms with Gasteiger partial charge in [0.25, 0.3) is 0 Å². The van der Waals surface area contributed by atoms with Crippen LogP contribution in [0.1, 0.15) is 128 Å². The second-order valence-electron chi connectivity index (χ2n) is 11.0. The molecule has 2 aromatic rings. The largest absolute Gasteiger partial charge is 0.467 e. The summed E-state index contributed by atoms with van der Waals surface area (Å²) in [4.78, 5) is 0. The van der Waals surface area contributed by atoms with Crippen LogP contribution in [-0.4, -0.2) is 17.5 Å². The Labute approximate surface area is 269 Å². The fraction of sp³-hybridized carbons (Fsp3) is 0.556. The maximum absolute atomic E-state index is 8.74. The third-order valence-corrected chi connectivity index (χ3v) is 7.13. The maximum Gasteiger partial charge on any atom is 0.394 e. The zero-order valence-corrected chi connectivity index (χ0v) is 28.4. The molecule has 8 N–H and O–H groups in total. The van der Waals surface area contributed by atoms with Crippen LogP contribution in [0.4, 0.5) is 0 Å². The van der Waals surface area contributed by atoms with Crippen molar-refractivity contribution in [2.24, 2.45) is 0 Å². The first-order valence-electron chi connectivity index (χ1n) is 16.2. The number of rotatable bonds is 22. The summed E-state index contributed by atoms with van der Waals surface area (Å²) in [5.41, 5.74) is 2.70. The molecule has 0 aliphatic heterocycles. The number of unbranched alkanes of at least 4 members (excludes halogenated alkanes) is 12. The van der Waals surface area contributed by atoms with Crippen molar-refractivity contribution in [1.29, 1.82) is 0 Å². The van der Waals surface area contributed by atoms with Crippen molar-refractivity contribution in [1.82, 2.24) is 12.3 Å². The van der Waals surface area contributed by atoms with Gasteiger partial charge in [-0.05, 0) is 49.0 Å². The molecule has 0 radical (unpaired) electrons. The maximum atomic E-state index is 8.74. The van der Waals surface area contributed by atoms with Crippen LogP contribution in [0.25, 0.3) is 0 Å². The lowest BCUT2D eigenvalue weighted by atomic mass is 10.1. The fourth-order valence-electron chi connectivity index (χ4n) is 4.76. The first kappa shape index (κ1) is 43.6. The van der Waals surface area contributed by atoms with E-state index in [2.05, 4.69) is 86.7 Å². The van der Waals surface area contributed by atoms with E-state index in [9.17, 15) is 0 Å². The Morgan fingerprint density at radius 3 is 1.18 bits per heavy atom. The SMILES string of the molecule is CCCCCCCCCC(=CCc1ccccc1)OC(=CCc1ccccc1)CCCCCCCCC.N.N.O=S(=O)(O)O. The second kappa shape index (κ2) is 29.2. The van der Waals surface area contributed by atoms with Gasteiger partial charge in [-0.15, -0.1) is 0 Å². The van der Waals surface area contributed by atoms with Crippen LogP contribution < -0.4 is 12.3 Å². The van der Waals surface area contributed by atoms with E-state index in [1.165, 1.54) is 113 Å². The zero-order valence-electron chi connectivity index (χ0n) is 27.6. The first-order chi connectivity index (χ1) is 20.3. The van der Waals surface area contributed by atoms with Gasteiger partial charge in [-0.2, -0.15) is 8.42 Å². The molecule has 0 amide bonds. The molecule has 0 unspecified atom stereocenters. The average Bonchev–Trinajstić information content (AvgIpc) is 2.97. The number of hydrogen-bond donors (Lipinski definition) is 4. The van der Waals surface area contributed by atoms with Crippen molar-refractivity contribution < 1.29 is 22.3 Å². The van der Waals surface area contributed by atoms with E-state index in [4.69, 9.17) is 22.3 Å². The Balaban J connectivity index is 0. The highest BCUT2D eigenvalue weighted by molar-refractivity contribution is 7.79. The summed E-state index contributed by atoms with van der Waals surface area (Å²) >= 11 is 0. The van der Waals surface area contributed by atoms with Gasteiger partial charge >= 0.3 is 10.4 Å². The van der Waals surface area contributed by atoms with Crippen LogP contribution >= 0.6 is 0 Å². The van der Waals surface area contributed by atoms with Gasteiger partial charge in [0.15, 0.2) is 0 Å². The van der Waals surface area contributed by atoms with Crippen LogP contribution in [0.15, 0.2) is 84.3 Å². The first-order valence-corrected chi connectivity index (χ1v) is 17.5. The third kappa shape index (κ3) is 28.3. The normalized spacial score (nSPS) is 11.5. The van der Waals surface area contributed by atoms with E-state index in [-0.39, 0.29) is 12.3 Å².